The van der Waals surface area contributed by atoms with Crippen molar-refractivity contribution in [2.45, 2.75) is 19.9 Å². The van der Waals surface area contributed by atoms with Gasteiger partial charge in [0, 0.05) is 12.4 Å². The average molecular weight is 267 g/mol. The highest BCUT2D eigenvalue weighted by Gasteiger charge is 2.27. The Hall–Kier alpha value is -2.51. The third-order valence-corrected chi connectivity index (χ3v) is 2.34. The highest BCUT2D eigenvalue weighted by atomic mass is 16.4. The molecule has 19 heavy (non-hydrogen) atoms. The van der Waals surface area contributed by atoms with E-state index in [1.54, 1.807) is 13.8 Å². The molecule has 1 heterocycles. The lowest BCUT2D eigenvalue weighted by atomic mass is 10.0. The minimum Gasteiger partial charge on any atom is -0.480 e. The summed E-state index contributed by atoms with van der Waals surface area (Å²) >= 11 is 0. The van der Waals surface area contributed by atoms with Crippen molar-refractivity contribution in [3.8, 4) is 0 Å². The third-order valence-electron chi connectivity index (χ3n) is 2.34. The zero-order valence-corrected chi connectivity index (χ0v) is 10.3. The Morgan fingerprint density at radius 1 is 1.11 bits per heavy atom. The van der Waals surface area contributed by atoms with Crippen LogP contribution >= 0.6 is 0 Å². The Balaban J connectivity index is 3.01. The summed E-state index contributed by atoms with van der Waals surface area (Å²) < 4.78 is 0. The monoisotopic (exact) mass is 267 g/mol. The topological polar surface area (TPSA) is 129 Å². The number of aliphatic carboxylic acids is 1. The summed E-state index contributed by atoms with van der Waals surface area (Å²) in [6, 6.07) is -1.13. The van der Waals surface area contributed by atoms with Gasteiger partial charge in [-0.1, -0.05) is 13.8 Å². The molecule has 0 bridgehead atoms. The molecule has 1 aromatic rings. The van der Waals surface area contributed by atoms with Gasteiger partial charge in [0.05, 0.1) is 0 Å². The molecule has 0 aliphatic rings. The van der Waals surface area contributed by atoms with Gasteiger partial charge >= 0.3 is 11.9 Å². The minimum absolute atomic E-state index is 0.355. The summed E-state index contributed by atoms with van der Waals surface area (Å²) in [5, 5.41) is 20.0. The van der Waals surface area contributed by atoms with Crippen molar-refractivity contribution in [2.24, 2.45) is 5.92 Å². The van der Waals surface area contributed by atoms with E-state index in [0.29, 0.717) is 0 Å². The summed E-state index contributed by atoms with van der Waals surface area (Å²) in [4.78, 5) is 40.8. The molecule has 0 fully saturated rings. The second-order valence-corrected chi connectivity index (χ2v) is 4.09. The fraction of sp³-hybridized carbons (Fsp3) is 0.364. The van der Waals surface area contributed by atoms with E-state index in [1.807, 2.05) is 0 Å². The lowest BCUT2D eigenvalue weighted by Crippen LogP contribution is -2.45. The van der Waals surface area contributed by atoms with Gasteiger partial charge in [0.2, 0.25) is 0 Å². The van der Waals surface area contributed by atoms with Crippen LogP contribution in [0.25, 0.3) is 0 Å². The molecule has 8 heteroatoms. The molecule has 102 valence electrons. The van der Waals surface area contributed by atoms with Gasteiger partial charge in [-0.3, -0.25) is 4.79 Å². The van der Waals surface area contributed by atoms with Crippen molar-refractivity contribution >= 4 is 17.8 Å². The molecule has 1 atom stereocenters. The second-order valence-electron chi connectivity index (χ2n) is 4.09. The van der Waals surface area contributed by atoms with Crippen molar-refractivity contribution in [3.05, 3.63) is 23.8 Å². The molecule has 1 aromatic heterocycles. The van der Waals surface area contributed by atoms with E-state index in [0.717, 1.165) is 12.4 Å². The van der Waals surface area contributed by atoms with E-state index >= 15 is 0 Å². The first-order chi connectivity index (χ1) is 8.84. The standard InChI is InChI=1S/C11H13N3O5/c1-5(2)6(10(16)17)14-9(15)7-8(11(18)19)13-4-3-12-7/h3-6H,1-2H3,(H,14,15)(H,16,17)(H,18,19). The summed E-state index contributed by atoms with van der Waals surface area (Å²) in [6.45, 7) is 3.24. The number of hydrogen-bond acceptors (Lipinski definition) is 5. The van der Waals surface area contributed by atoms with Crippen LogP contribution in [-0.4, -0.2) is 44.1 Å². The lowest BCUT2D eigenvalue weighted by Gasteiger charge is -2.17. The van der Waals surface area contributed by atoms with Crippen LogP contribution in [0.3, 0.4) is 0 Å². The number of hydrogen-bond donors (Lipinski definition) is 3. The van der Waals surface area contributed by atoms with Crippen molar-refractivity contribution in [2.75, 3.05) is 0 Å². The Morgan fingerprint density at radius 2 is 1.63 bits per heavy atom. The maximum absolute atomic E-state index is 11.8. The molecule has 1 amide bonds. The first kappa shape index (κ1) is 14.6. The van der Waals surface area contributed by atoms with E-state index in [-0.39, 0.29) is 5.92 Å². The molecule has 0 aliphatic carbocycles. The molecule has 8 nitrogen and oxygen atoms in total. The molecule has 0 saturated heterocycles. The van der Waals surface area contributed by atoms with Crippen LogP contribution in [0.1, 0.15) is 34.8 Å². The average Bonchev–Trinajstić information content (AvgIpc) is 2.34. The Kier molecular flexibility index (Phi) is 4.51. The maximum Gasteiger partial charge on any atom is 0.356 e. The van der Waals surface area contributed by atoms with E-state index < -0.39 is 35.3 Å². The van der Waals surface area contributed by atoms with Crippen LogP contribution in [0.4, 0.5) is 0 Å². The Labute approximate surface area is 108 Å². The number of carbonyl (C=O) groups is 3. The molecule has 3 N–H and O–H groups in total. The van der Waals surface area contributed by atoms with E-state index in [2.05, 4.69) is 15.3 Å². The van der Waals surface area contributed by atoms with Crippen LogP contribution in [0, 0.1) is 5.92 Å². The minimum atomic E-state index is -1.41. The van der Waals surface area contributed by atoms with E-state index in [4.69, 9.17) is 10.2 Å². The largest absolute Gasteiger partial charge is 0.480 e. The van der Waals surface area contributed by atoms with Crippen LogP contribution < -0.4 is 5.32 Å². The maximum atomic E-state index is 11.8. The number of nitrogens with one attached hydrogen (secondary N) is 1. The lowest BCUT2D eigenvalue weighted by molar-refractivity contribution is -0.140. The third kappa shape index (κ3) is 3.47. The van der Waals surface area contributed by atoms with Crippen molar-refractivity contribution in [1.82, 2.24) is 15.3 Å². The zero-order chi connectivity index (χ0) is 14.6. The second kappa shape index (κ2) is 5.89. The van der Waals surface area contributed by atoms with E-state index in [1.165, 1.54) is 0 Å². The molecule has 0 saturated carbocycles. The first-order valence-electron chi connectivity index (χ1n) is 5.42. The van der Waals surface area contributed by atoms with Gasteiger partial charge in [-0.15, -0.1) is 0 Å². The number of aromatic nitrogens is 2. The van der Waals surface area contributed by atoms with Gasteiger partial charge in [0.15, 0.2) is 11.4 Å². The van der Waals surface area contributed by atoms with Crippen molar-refractivity contribution in [3.63, 3.8) is 0 Å². The fourth-order valence-corrected chi connectivity index (χ4v) is 1.38. The summed E-state index contributed by atoms with van der Waals surface area (Å²) in [7, 11) is 0. The fourth-order valence-electron chi connectivity index (χ4n) is 1.38. The molecule has 0 radical (unpaired) electrons. The van der Waals surface area contributed by atoms with Gasteiger partial charge in [0.1, 0.15) is 6.04 Å². The smallest absolute Gasteiger partial charge is 0.356 e. The van der Waals surface area contributed by atoms with Crippen LogP contribution in [0.5, 0.6) is 0 Å². The first-order valence-corrected chi connectivity index (χ1v) is 5.42. The van der Waals surface area contributed by atoms with Gasteiger partial charge in [-0.25, -0.2) is 19.6 Å². The SMILES string of the molecule is CC(C)C(NC(=O)c1nccnc1C(=O)O)C(=O)O. The van der Waals surface area contributed by atoms with Crippen molar-refractivity contribution in [1.29, 1.82) is 0 Å². The molecular weight excluding hydrogens is 254 g/mol. The summed E-state index contributed by atoms with van der Waals surface area (Å²) in [6.07, 6.45) is 2.30. The predicted molar refractivity (Wildman–Crippen MR) is 62.7 cm³/mol. The Morgan fingerprint density at radius 3 is 2.05 bits per heavy atom. The normalized spacial score (nSPS) is 11.9. The summed E-state index contributed by atoms with van der Waals surface area (Å²) in [5.74, 6) is -3.85. The number of amides is 1. The predicted octanol–water partition coefficient (Wildman–Crippen LogP) is 0.0138. The number of carbonyl (C=O) groups excluding carboxylic acids is 1. The number of rotatable bonds is 5. The van der Waals surface area contributed by atoms with E-state index in [9.17, 15) is 14.4 Å². The molecule has 0 aliphatic heterocycles. The highest BCUT2D eigenvalue weighted by Crippen LogP contribution is 2.06. The zero-order valence-electron chi connectivity index (χ0n) is 10.3. The van der Waals surface area contributed by atoms with Crippen LogP contribution in [0.2, 0.25) is 0 Å². The molecular formula is C11H13N3O5. The van der Waals surface area contributed by atoms with Gasteiger partial charge in [-0.2, -0.15) is 0 Å². The number of carboxylic acids is 2. The van der Waals surface area contributed by atoms with Crippen molar-refractivity contribution < 1.29 is 24.6 Å². The number of nitrogens with zero attached hydrogens (tertiary/aromatic N) is 2. The van der Waals surface area contributed by atoms with Gasteiger partial charge < -0.3 is 15.5 Å². The van der Waals surface area contributed by atoms with Crippen LogP contribution in [0.15, 0.2) is 12.4 Å². The van der Waals surface area contributed by atoms with Gasteiger partial charge in [0.25, 0.3) is 5.91 Å². The molecule has 0 spiro atoms. The van der Waals surface area contributed by atoms with Crippen LogP contribution in [-0.2, 0) is 4.79 Å². The Bertz CT molecular complexity index is 515. The van der Waals surface area contributed by atoms with Gasteiger partial charge in [-0.05, 0) is 5.92 Å². The summed E-state index contributed by atoms with van der Waals surface area (Å²) in [5.41, 5.74) is -0.935. The number of aromatic carboxylic acids is 1. The molecule has 1 rings (SSSR count). The highest BCUT2D eigenvalue weighted by molar-refractivity contribution is 6.03. The molecule has 1 unspecified atom stereocenters. The number of carboxylic acid groups (broad SMARTS) is 2. The molecule has 0 aromatic carbocycles. The quantitative estimate of drug-likeness (QED) is 0.685.